The molecule has 0 aliphatic rings. The SMILES string of the molecule is CCNC(=O)[C@@H](Cc1ccccc1)N(Cc1ccccc1Cl)C(=O)Cc1ccc(C)c(C)c1. The van der Waals surface area contributed by atoms with E-state index in [-0.39, 0.29) is 24.8 Å². The monoisotopic (exact) mass is 462 g/mol. The molecular formula is C28H31ClN2O2. The van der Waals surface area contributed by atoms with Crippen LogP contribution >= 0.6 is 11.6 Å². The summed E-state index contributed by atoms with van der Waals surface area (Å²) in [5.74, 6) is -0.271. The number of aryl methyl sites for hydroxylation is 2. The van der Waals surface area contributed by atoms with Gasteiger partial charge in [-0.05, 0) is 54.7 Å². The van der Waals surface area contributed by atoms with Gasteiger partial charge in [0.15, 0.2) is 0 Å². The Bertz CT molecular complexity index is 1100. The number of hydrogen-bond acceptors (Lipinski definition) is 2. The lowest BCUT2D eigenvalue weighted by molar-refractivity contribution is -0.140. The normalized spacial score (nSPS) is 11.6. The molecule has 0 aliphatic carbocycles. The fourth-order valence-corrected chi connectivity index (χ4v) is 4.04. The fraction of sp³-hybridized carbons (Fsp3) is 0.286. The van der Waals surface area contributed by atoms with Crippen LogP contribution in [0.4, 0.5) is 0 Å². The third-order valence-corrected chi connectivity index (χ3v) is 6.22. The topological polar surface area (TPSA) is 49.4 Å². The first-order chi connectivity index (χ1) is 15.9. The van der Waals surface area contributed by atoms with Crippen LogP contribution in [0.2, 0.25) is 5.02 Å². The maximum Gasteiger partial charge on any atom is 0.243 e. The van der Waals surface area contributed by atoms with Gasteiger partial charge in [-0.15, -0.1) is 0 Å². The van der Waals surface area contributed by atoms with Crippen LogP contribution in [-0.2, 0) is 29.0 Å². The predicted molar refractivity (Wildman–Crippen MR) is 134 cm³/mol. The summed E-state index contributed by atoms with van der Waals surface area (Å²) in [6, 6.07) is 22.6. The lowest BCUT2D eigenvalue weighted by atomic mass is 10.00. The van der Waals surface area contributed by atoms with E-state index in [2.05, 4.69) is 12.2 Å². The van der Waals surface area contributed by atoms with Gasteiger partial charge in [-0.1, -0.05) is 78.3 Å². The highest BCUT2D eigenvalue weighted by atomic mass is 35.5. The molecule has 1 atom stereocenters. The van der Waals surface area contributed by atoms with E-state index < -0.39 is 6.04 Å². The van der Waals surface area contributed by atoms with Gasteiger partial charge in [-0.25, -0.2) is 0 Å². The third kappa shape index (κ3) is 6.69. The molecule has 0 aliphatic heterocycles. The molecule has 0 saturated heterocycles. The van der Waals surface area contributed by atoms with Crippen LogP contribution in [-0.4, -0.2) is 29.3 Å². The minimum Gasteiger partial charge on any atom is -0.355 e. The number of hydrogen-bond donors (Lipinski definition) is 1. The van der Waals surface area contributed by atoms with Crippen molar-refractivity contribution in [1.29, 1.82) is 0 Å². The van der Waals surface area contributed by atoms with Crippen LogP contribution in [0, 0.1) is 13.8 Å². The number of likely N-dealkylation sites (N-methyl/N-ethyl adjacent to an activating group) is 1. The fourth-order valence-electron chi connectivity index (χ4n) is 3.85. The number of nitrogens with one attached hydrogen (secondary N) is 1. The summed E-state index contributed by atoms with van der Waals surface area (Å²) in [5, 5.41) is 3.50. The molecular weight excluding hydrogens is 432 g/mol. The first-order valence-electron chi connectivity index (χ1n) is 11.3. The van der Waals surface area contributed by atoms with Crippen molar-refractivity contribution in [3.05, 3.63) is 106 Å². The number of carbonyl (C=O) groups is 2. The van der Waals surface area contributed by atoms with Crippen LogP contribution < -0.4 is 5.32 Å². The molecule has 0 aromatic heterocycles. The highest BCUT2D eigenvalue weighted by molar-refractivity contribution is 6.31. The zero-order valence-electron chi connectivity index (χ0n) is 19.5. The van der Waals surface area contributed by atoms with Crippen molar-refractivity contribution in [3.8, 4) is 0 Å². The summed E-state index contributed by atoms with van der Waals surface area (Å²) in [6.07, 6.45) is 0.645. The summed E-state index contributed by atoms with van der Waals surface area (Å²) in [5.41, 5.74) is 5.07. The summed E-state index contributed by atoms with van der Waals surface area (Å²) in [7, 11) is 0. The van der Waals surface area contributed by atoms with E-state index in [0.29, 0.717) is 18.0 Å². The van der Waals surface area contributed by atoms with Crippen molar-refractivity contribution in [2.75, 3.05) is 6.54 Å². The standard InChI is InChI=1S/C28H31ClN2O2/c1-4-30-28(33)26(17-22-10-6-5-7-11-22)31(19-24-12-8-9-13-25(24)29)27(32)18-23-15-14-20(2)21(3)16-23/h5-16,26H,4,17-19H2,1-3H3,(H,30,33)/t26-/m1/s1. The van der Waals surface area contributed by atoms with Crippen molar-refractivity contribution in [1.82, 2.24) is 10.2 Å². The molecule has 3 aromatic rings. The van der Waals surface area contributed by atoms with Crippen LogP contribution in [0.25, 0.3) is 0 Å². The molecule has 0 spiro atoms. The minimum atomic E-state index is -0.650. The molecule has 33 heavy (non-hydrogen) atoms. The van der Waals surface area contributed by atoms with Crippen LogP contribution in [0.3, 0.4) is 0 Å². The lowest BCUT2D eigenvalue weighted by Crippen LogP contribution is -2.51. The van der Waals surface area contributed by atoms with Crippen LogP contribution in [0.1, 0.15) is 34.7 Å². The Kier molecular flexibility index (Phi) is 8.67. The van der Waals surface area contributed by atoms with Crippen LogP contribution in [0.15, 0.2) is 72.8 Å². The molecule has 1 N–H and O–H groups in total. The number of nitrogens with zero attached hydrogens (tertiary/aromatic N) is 1. The quantitative estimate of drug-likeness (QED) is 0.470. The van der Waals surface area contributed by atoms with Gasteiger partial charge >= 0.3 is 0 Å². The third-order valence-electron chi connectivity index (χ3n) is 5.85. The molecule has 3 rings (SSSR count). The van der Waals surface area contributed by atoms with Gasteiger partial charge in [-0.3, -0.25) is 9.59 Å². The summed E-state index contributed by atoms with van der Waals surface area (Å²) in [4.78, 5) is 28.5. The van der Waals surface area contributed by atoms with E-state index in [9.17, 15) is 9.59 Å². The summed E-state index contributed by atoms with van der Waals surface area (Å²) >= 11 is 6.44. The van der Waals surface area contributed by atoms with Gasteiger partial charge in [-0.2, -0.15) is 0 Å². The number of halogens is 1. The highest BCUT2D eigenvalue weighted by Gasteiger charge is 2.30. The van der Waals surface area contributed by atoms with Crippen molar-refractivity contribution in [2.45, 2.75) is 46.2 Å². The Hall–Kier alpha value is -3.11. The Morgan fingerprint density at radius 3 is 2.27 bits per heavy atom. The molecule has 2 amide bonds. The second-order valence-corrected chi connectivity index (χ2v) is 8.72. The molecule has 0 radical (unpaired) electrons. The molecule has 0 heterocycles. The molecule has 0 unspecified atom stereocenters. The van der Waals surface area contributed by atoms with Gasteiger partial charge in [0, 0.05) is 24.5 Å². The van der Waals surface area contributed by atoms with Crippen molar-refractivity contribution < 1.29 is 9.59 Å². The van der Waals surface area contributed by atoms with E-state index in [1.807, 2.05) is 80.6 Å². The van der Waals surface area contributed by atoms with E-state index in [0.717, 1.165) is 22.3 Å². The largest absolute Gasteiger partial charge is 0.355 e. The lowest BCUT2D eigenvalue weighted by Gasteiger charge is -2.32. The number of rotatable bonds is 9. The minimum absolute atomic E-state index is 0.106. The highest BCUT2D eigenvalue weighted by Crippen LogP contribution is 2.22. The van der Waals surface area contributed by atoms with Gasteiger partial charge < -0.3 is 10.2 Å². The number of carbonyl (C=O) groups excluding carboxylic acids is 2. The van der Waals surface area contributed by atoms with Crippen LogP contribution in [0.5, 0.6) is 0 Å². The maximum absolute atomic E-state index is 13.7. The summed E-state index contributed by atoms with van der Waals surface area (Å²) in [6.45, 7) is 6.73. The summed E-state index contributed by atoms with van der Waals surface area (Å²) < 4.78 is 0. The van der Waals surface area contributed by atoms with Gasteiger partial charge in [0.05, 0.1) is 6.42 Å². The van der Waals surface area contributed by atoms with E-state index >= 15 is 0 Å². The second-order valence-electron chi connectivity index (χ2n) is 8.31. The van der Waals surface area contributed by atoms with E-state index in [1.165, 1.54) is 5.56 Å². The predicted octanol–water partition coefficient (Wildman–Crippen LogP) is 5.28. The first-order valence-corrected chi connectivity index (χ1v) is 11.7. The molecule has 5 heteroatoms. The molecule has 0 fully saturated rings. The van der Waals surface area contributed by atoms with Gasteiger partial charge in [0.1, 0.15) is 6.04 Å². The van der Waals surface area contributed by atoms with Crippen molar-refractivity contribution in [2.24, 2.45) is 0 Å². The Balaban J connectivity index is 1.97. The zero-order chi connectivity index (χ0) is 23.8. The molecule has 172 valence electrons. The van der Waals surface area contributed by atoms with E-state index in [4.69, 9.17) is 11.6 Å². The molecule has 4 nitrogen and oxygen atoms in total. The number of benzene rings is 3. The number of amides is 2. The Morgan fingerprint density at radius 1 is 0.909 bits per heavy atom. The smallest absolute Gasteiger partial charge is 0.243 e. The first kappa shape index (κ1) is 24.5. The zero-order valence-corrected chi connectivity index (χ0v) is 20.2. The average molecular weight is 463 g/mol. The Morgan fingerprint density at radius 2 is 1.61 bits per heavy atom. The molecule has 0 bridgehead atoms. The van der Waals surface area contributed by atoms with E-state index in [1.54, 1.807) is 11.0 Å². The van der Waals surface area contributed by atoms with Crippen molar-refractivity contribution >= 4 is 23.4 Å². The van der Waals surface area contributed by atoms with Gasteiger partial charge in [0.25, 0.3) is 0 Å². The average Bonchev–Trinajstić information content (AvgIpc) is 2.80. The molecule has 0 saturated carbocycles. The van der Waals surface area contributed by atoms with Gasteiger partial charge in [0.2, 0.25) is 11.8 Å². The van der Waals surface area contributed by atoms with Crippen molar-refractivity contribution in [3.63, 3.8) is 0 Å². The maximum atomic E-state index is 13.7. The Labute approximate surface area is 201 Å². The second kappa shape index (κ2) is 11.7. The molecule has 3 aromatic carbocycles.